The Morgan fingerprint density at radius 3 is 2.85 bits per heavy atom. The summed E-state index contributed by atoms with van der Waals surface area (Å²) in [5.74, 6) is 1.27. The van der Waals surface area contributed by atoms with Gasteiger partial charge in [-0.05, 0) is 59.7 Å². The van der Waals surface area contributed by atoms with E-state index in [1.54, 1.807) is 12.1 Å². The average Bonchev–Trinajstić information content (AvgIpc) is 2.35. The van der Waals surface area contributed by atoms with Gasteiger partial charge in [0.05, 0.1) is 9.40 Å². The summed E-state index contributed by atoms with van der Waals surface area (Å²) >= 11 is 3.24. The first kappa shape index (κ1) is 15.0. The zero-order valence-corrected chi connectivity index (χ0v) is 13.3. The van der Waals surface area contributed by atoms with Gasteiger partial charge in [-0.15, -0.1) is 0 Å². The third kappa shape index (κ3) is 3.82. The molecule has 0 radical (unpaired) electrons. The highest BCUT2D eigenvalue weighted by molar-refractivity contribution is 9.10. The lowest BCUT2D eigenvalue weighted by atomic mass is 9.84. The Morgan fingerprint density at radius 2 is 2.25 bits per heavy atom. The second-order valence-electron chi connectivity index (χ2n) is 5.60. The van der Waals surface area contributed by atoms with Crippen LogP contribution in [0.4, 0.5) is 11.4 Å². The third-order valence-electron chi connectivity index (χ3n) is 3.62. The Balaban J connectivity index is 1.96. The monoisotopic (exact) mass is 338 g/mol. The zero-order chi connectivity index (χ0) is 14.7. The molecule has 2 rings (SSSR count). The first-order chi connectivity index (χ1) is 9.45. The maximum Gasteiger partial charge on any atom is 0.283 e. The molecule has 0 spiro atoms. The van der Waals surface area contributed by atoms with E-state index in [0.29, 0.717) is 16.3 Å². The van der Waals surface area contributed by atoms with E-state index in [1.807, 2.05) is 0 Å². The number of nitro groups is 1. The van der Waals surface area contributed by atoms with Gasteiger partial charge >= 0.3 is 0 Å². The van der Waals surface area contributed by atoms with E-state index >= 15 is 0 Å². The van der Waals surface area contributed by atoms with Crippen LogP contribution in [0.25, 0.3) is 0 Å². The lowest BCUT2D eigenvalue weighted by Crippen LogP contribution is -2.20. The largest absolute Gasteiger partial charge is 0.385 e. The number of nitrogens with zero attached hydrogens (tertiary/aromatic N) is 1. The van der Waals surface area contributed by atoms with Crippen molar-refractivity contribution < 1.29 is 4.92 Å². The molecule has 0 heterocycles. The molecule has 2 unspecified atom stereocenters. The molecule has 1 aliphatic rings. The minimum Gasteiger partial charge on any atom is -0.385 e. The van der Waals surface area contributed by atoms with Crippen molar-refractivity contribution in [3.8, 4) is 0 Å². The molecule has 1 aromatic rings. The molecule has 108 valence electrons. The summed E-state index contributed by atoms with van der Waals surface area (Å²) in [6.07, 6.45) is 4.67. The highest BCUT2D eigenvalue weighted by atomic mass is 79.9. The number of halogens is 1. The average molecular weight is 339 g/mol. The SMILES string of the molecule is CC1=CC(C)CC(CNc2ccc([N+](=O)[O-])c(Br)c2)C1. The summed E-state index contributed by atoms with van der Waals surface area (Å²) in [5.41, 5.74) is 2.48. The van der Waals surface area contributed by atoms with Crippen LogP contribution in [-0.4, -0.2) is 11.5 Å². The molecule has 2 atom stereocenters. The molecule has 0 aromatic heterocycles. The summed E-state index contributed by atoms with van der Waals surface area (Å²) in [5, 5.41) is 14.1. The summed E-state index contributed by atoms with van der Waals surface area (Å²) in [6, 6.07) is 5.06. The van der Waals surface area contributed by atoms with Crippen LogP contribution >= 0.6 is 15.9 Å². The molecule has 20 heavy (non-hydrogen) atoms. The molecule has 1 aliphatic carbocycles. The first-order valence-corrected chi connectivity index (χ1v) is 7.60. The number of rotatable bonds is 4. The van der Waals surface area contributed by atoms with Crippen LogP contribution < -0.4 is 5.32 Å². The van der Waals surface area contributed by atoms with E-state index in [9.17, 15) is 10.1 Å². The third-order valence-corrected chi connectivity index (χ3v) is 4.26. The second-order valence-corrected chi connectivity index (χ2v) is 6.45. The van der Waals surface area contributed by atoms with Gasteiger partial charge in [-0.2, -0.15) is 0 Å². The molecule has 0 saturated carbocycles. The number of hydrogen-bond acceptors (Lipinski definition) is 3. The van der Waals surface area contributed by atoms with Gasteiger partial charge < -0.3 is 5.32 Å². The van der Waals surface area contributed by atoms with Crippen LogP contribution in [0.15, 0.2) is 34.3 Å². The Hall–Kier alpha value is -1.36. The van der Waals surface area contributed by atoms with Crippen molar-refractivity contribution in [3.63, 3.8) is 0 Å². The molecule has 0 bridgehead atoms. The number of hydrogen-bond donors (Lipinski definition) is 1. The summed E-state index contributed by atoms with van der Waals surface area (Å²) in [6.45, 7) is 5.34. The van der Waals surface area contributed by atoms with Crippen molar-refractivity contribution in [2.75, 3.05) is 11.9 Å². The van der Waals surface area contributed by atoms with Gasteiger partial charge in [0.1, 0.15) is 0 Å². The highest BCUT2D eigenvalue weighted by Crippen LogP contribution is 2.30. The zero-order valence-electron chi connectivity index (χ0n) is 11.7. The number of allylic oxidation sites excluding steroid dienone is 2. The molecule has 0 amide bonds. The Morgan fingerprint density at radius 1 is 1.50 bits per heavy atom. The summed E-state index contributed by atoms with van der Waals surface area (Å²) in [7, 11) is 0. The Labute approximate surface area is 127 Å². The van der Waals surface area contributed by atoms with Crippen molar-refractivity contribution in [1.29, 1.82) is 0 Å². The molecule has 0 saturated heterocycles. The molecule has 1 aromatic carbocycles. The predicted molar refractivity (Wildman–Crippen MR) is 84.9 cm³/mol. The van der Waals surface area contributed by atoms with Crippen LogP contribution in [0, 0.1) is 22.0 Å². The Kier molecular flexibility index (Phi) is 4.81. The van der Waals surface area contributed by atoms with Gasteiger partial charge in [0.2, 0.25) is 0 Å². The molecule has 1 N–H and O–H groups in total. The van der Waals surface area contributed by atoms with Crippen LogP contribution in [0.3, 0.4) is 0 Å². The predicted octanol–water partition coefficient (Wildman–Crippen LogP) is 4.76. The molecule has 5 heteroatoms. The van der Waals surface area contributed by atoms with Crippen molar-refractivity contribution >= 4 is 27.3 Å². The van der Waals surface area contributed by atoms with Gasteiger partial charge in [0.25, 0.3) is 5.69 Å². The number of nitrogens with one attached hydrogen (secondary N) is 1. The second kappa shape index (κ2) is 6.39. The summed E-state index contributed by atoms with van der Waals surface area (Å²) in [4.78, 5) is 10.4. The number of nitro benzene ring substituents is 1. The number of benzene rings is 1. The normalized spacial score (nSPS) is 22.2. The van der Waals surface area contributed by atoms with Gasteiger partial charge in [0, 0.05) is 18.3 Å². The Bertz CT molecular complexity index is 543. The maximum absolute atomic E-state index is 10.8. The van der Waals surface area contributed by atoms with Crippen molar-refractivity contribution in [2.24, 2.45) is 11.8 Å². The van der Waals surface area contributed by atoms with Gasteiger partial charge in [-0.1, -0.05) is 18.6 Å². The fourth-order valence-electron chi connectivity index (χ4n) is 2.87. The standard InChI is InChI=1S/C15H19BrN2O2/c1-10-5-11(2)7-12(6-10)9-17-13-3-4-15(18(19)20)14(16)8-13/h3-5,8,10,12,17H,6-7,9H2,1-2H3. The maximum atomic E-state index is 10.8. The minimum atomic E-state index is -0.384. The minimum absolute atomic E-state index is 0.0978. The molecule has 4 nitrogen and oxygen atoms in total. The van der Waals surface area contributed by atoms with Crippen LogP contribution in [0.2, 0.25) is 0 Å². The van der Waals surface area contributed by atoms with E-state index < -0.39 is 0 Å². The van der Waals surface area contributed by atoms with E-state index in [0.717, 1.165) is 18.7 Å². The topological polar surface area (TPSA) is 55.2 Å². The molecule has 0 aliphatic heterocycles. The fraction of sp³-hybridized carbons (Fsp3) is 0.467. The fourth-order valence-corrected chi connectivity index (χ4v) is 3.39. The lowest BCUT2D eigenvalue weighted by molar-refractivity contribution is -0.385. The van der Waals surface area contributed by atoms with E-state index in [4.69, 9.17) is 0 Å². The van der Waals surface area contributed by atoms with Crippen LogP contribution in [0.5, 0.6) is 0 Å². The van der Waals surface area contributed by atoms with Gasteiger partial charge in [-0.3, -0.25) is 10.1 Å². The quantitative estimate of drug-likeness (QED) is 0.489. The van der Waals surface area contributed by atoms with E-state index in [2.05, 4.69) is 41.2 Å². The van der Waals surface area contributed by atoms with Gasteiger partial charge in [-0.25, -0.2) is 0 Å². The van der Waals surface area contributed by atoms with Crippen molar-refractivity contribution in [1.82, 2.24) is 0 Å². The highest BCUT2D eigenvalue weighted by Gasteiger charge is 2.18. The molecular formula is C15H19BrN2O2. The number of anilines is 1. The van der Waals surface area contributed by atoms with Crippen molar-refractivity contribution in [3.05, 3.63) is 44.4 Å². The van der Waals surface area contributed by atoms with Crippen molar-refractivity contribution in [2.45, 2.75) is 26.7 Å². The van der Waals surface area contributed by atoms with Gasteiger partial charge in [0.15, 0.2) is 0 Å². The van der Waals surface area contributed by atoms with E-state index in [-0.39, 0.29) is 10.6 Å². The smallest absolute Gasteiger partial charge is 0.283 e. The molecule has 0 fully saturated rings. The molecular weight excluding hydrogens is 320 g/mol. The van der Waals surface area contributed by atoms with E-state index in [1.165, 1.54) is 18.1 Å². The van der Waals surface area contributed by atoms with Crippen LogP contribution in [-0.2, 0) is 0 Å². The first-order valence-electron chi connectivity index (χ1n) is 6.81. The summed E-state index contributed by atoms with van der Waals surface area (Å²) < 4.78 is 0.514. The lowest BCUT2D eigenvalue weighted by Gasteiger charge is -2.26. The van der Waals surface area contributed by atoms with Crippen LogP contribution in [0.1, 0.15) is 26.7 Å².